The van der Waals surface area contributed by atoms with E-state index in [9.17, 15) is 15.0 Å². The van der Waals surface area contributed by atoms with Crippen molar-refractivity contribution in [3.63, 3.8) is 0 Å². The van der Waals surface area contributed by atoms with Crippen LogP contribution in [0.3, 0.4) is 0 Å². The summed E-state index contributed by atoms with van der Waals surface area (Å²) in [6, 6.07) is 15.1. The third-order valence-electron chi connectivity index (χ3n) is 3.61. The molecular formula is C19H17N3O4. The number of nitrogens with one attached hydrogen (secondary N) is 1. The zero-order valence-electron chi connectivity index (χ0n) is 14.0. The van der Waals surface area contributed by atoms with Crippen LogP contribution in [-0.4, -0.2) is 27.8 Å². The van der Waals surface area contributed by atoms with E-state index in [0.29, 0.717) is 16.9 Å². The SMILES string of the molecule is CCOC(=O)c1c(-c2ccccc2)[nH]c(O)c1N=Nc1ccc(O)cc1. The van der Waals surface area contributed by atoms with E-state index < -0.39 is 5.97 Å². The maximum atomic E-state index is 12.4. The fourth-order valence-corrected chi connectivity index (χ4v) is 2.42. The van der Waals surface area contributed by atoms with Crippen LogP contribution >= 0.6 is 0 Å². The third-order valence-corrected chi connectivity index (χ3v) is 3.61. The Morgan fingerprint density at radius 1 is 1.04 bits per heavy atom. The van der Waals surface area contributed by atoms with Crippen LogP contribution in [0.15, 0.2) is 64.8 Å². The highest BCUT2D eigenvalue weighted by molar-refractivity contribution is 6.03. The molecule has 26 heavy (non-hydrogen) atoms. The number of H-pyrrole nitrogens is 1. The van der Waals surface area contributed by atoms with Gasteiger partial charge in [0, 0.05) is 0 Å². The van der Waals surface area contributed by atoms with Gasteiger partial charge in [-0.05, 0) is 36.8 Å². The van der Waals surface area contributed by atoms with Crippen molar-refractivity contribution in [3.8, 4) is 22.9 Å². The van der Waals surface area contributed by atoms with Crippen LogP contribution in [0, 0.1) is 0 Å². The average molecular weight is 351 g/mol. The molecular weight excluding hydrogens is 334 g/mol. The predicted octanol–water partition coefficient (Wildman–Crippen LogP) is 4.69. The summed E-state index contributed by atoms with van der Waals surface area (Å²) in [5.74, 6) is -0.788. The highest BCUT2D eigenvalue weighted by Crippen LogP contribution is 2.39. The molecule has 0 spiro atoms. The Morgan fingerprint density at radius 3 is 2.38 bits per heavy atom. The molecule has 0 radical (unpaired) electrons. The Balaban J connectivity index is 2.07. The van der Waals surface area contributed by atoms with Crippen molar-refractivity contribution in [2.45, 2.75) is 6.92 Å². The van der Waals surface area contributed by atoms with Crippen LogP contribution < -0.4 is 0 Å². The summed E-state index contributed by atoms with van der Waals surface area (Å²) in [6.07, 6.45) is 0. The molecule has 0 bridgehead atoms. The molecule has 7 heteroatoms. The third kappa shape index (κ3) is 3.56. The van der Waals surface area contributed by atoms with E-state index in [1.807, 2.05) is 18.2 Å². The van der Waals surface area contributed by atoms with Crippen LogP contribution in [0.1, 0.15) is 17.3 Å². The molecule has 3 N–H and O–H groups in total. The van der Waals surface area contributed by atoms with E-state index >= 15 is 0 Å². The van der Waals surface area contributed by atoms with Crippen molar-refractivity contribution >= 4 is 17.3 Å². The number of aromatic amines is 1. The van der Waals surface area contributed by atoms with Gasteiger partial charge < -0.3 is 19.9 Å². The number of hydrogen-bond acceptors (Lipinski definition) is 6. The normalized spacial score (nSPS) is 11.0. The highest BCUT2D eigenvalue weighted by Gasteiger charge is 2.25. The topological polar surface area (TPSA) is 107 Å². The molecule has 2 aromatic carbocycles. The van der Waals surface area contributed by atoms with Gasteiger partial charge in [-0.15, -0.1) is 5.11 Å². The lowest BCUT2D eigenvalue weighted by Crippen LogP contribution is -2.05. The Bertz CT molecular complexity index is 931. The first kappa shape index (κ1) is 17.2. The van der Waals surface area contributed by atoms with Gasteiger partial charge in [-0.25, -0.2) is 4.79 Å². The van der Waals surface area contributed by atoms with Crippen molar-refractivity contribution in [2.24, 2.45) is 10.2 Å². The van der Waals surface area contributed by atoms with E-state index in [2.05, 4.69) is 15.2 Å². The molecule has 0 aliphatic heterocycles. The van der Waals surface area contributed by atoms with Gasteiger partial charge in [0.25, 0.3) is 0 Å². The van der Waals surface area contributed by atoms with Crippen LogP contribution in [0.25, 0.3) is 11.3 Å². The molecule has 0 fully saturated rings. The lowest BCUT2D eigenvalue weighted by atomic mass is 10.1. The van der Waals surface area contributed by atoms with Gasteiger partial charge in [0.1, 0.15) is 11.3 Å². The van der Waals surface area contributed by atoms with Gasteiger partial charge in [0.15, 0.2) is 5.69 Å². The number of aromatic nitrogens is 1. The smallest absolute Gasteiger partial charge is 0.342 e. The second-order valence-electron chi connectivity index (χ2n) is 5.38. The van der Waals surface area contributed by atoms with Gasteiger partial charge in [-0.3, -0.25) is 0 Å². The van der Waals surface area contributed by atoms with Crippen molar-refractivity contribution in [1.82, 2.24) is 4.98 Å². The minimum Gasteiger partial charge on any atom is -0.508 e. The lowest BCUT2D eigenvalue weighted by Gasteiger charge is -2.04. The molecule has 0 aliphatic rings. The second kappa shape index (κ2) is 7.52. The fourth-order valence-electron chi connectivity index (χ4n) is 2.42. The Kier molecular flexibility index (Phi) is 4.98. The largest absolute Gasteiger partial charge is 0.508 e. The summed E-state index contributed by atoms with van der Waals surface area (Å²) < 4.78 is 5.11. The van der Waals surface area contributed by atoms with Crippen LogP contribution in [-0.2, 0) is 4.74 Å². The maximum absolute atomic E-state index is 12.4. The molecule has 1 heterocycles. The standard InChI is InChI=1S/C19H17N3O4/c1-2-26-19(25)15-16(12-6-4-3-5-7-12)20-18(24)17(15)22-21-13-8-10-14(23)11-9-13/h3-11,20,23-24H,2H2,1H3. The minimum atomic E-state index is -0.609. The molecule has 3 rings (SSSR count). The number of azo groups is 1. The molecule has 0 amide bonds. The van der Waals surface area contributed by atoms with Gasteiger partial charge >= 0.3 is 5.97 Å². The van der Waals surface area contributed by atoms with E-state index in [1.165, 1.54) is 12.1 Å². The zero-order chi connectivity index (χ0) is 18.5. The van der Waals surface area contributed by atoms with E-state index in [1.54, 1.807) is 31.2 Å². The summed E-state index contributed by atoms with van der Waals surface area (Å²) in [5.41, 5.74) is 1.67. The monoisotopic (exact) mass is 351 g/mol. The average Bonchev–Trinajstić information content (AvgIpc) is 2.99. The van der Waals surface area contributed by atoms with Crippen molar-refractivity contribution in [1.29, 1.82) is 0 Å². The number of carbonyl (C=O) groups is 1. The number of benzene rings is 2. The van der Waals surface area contributed by atoms with Crippen molar-refractivity contribution < 1.29 is 19.7 Å². The van der Waals surface area contributed by atoms with E-state index in [4.69, 9.17) is 4.74 Å². The number of nitrogens with zero attached hydrogens (tertiary/aromatic N) is 2. The van der Waals surface area contributed by atoms with Gasteiger partial charge in [-0.1, -0.05) is 30.3 Å². The first-order valence-corrected chi connectivity index (χ1v) is 7.98. The maximum Gasteiger partial charge on any atom is 0.342 e. The predicted molar refractivity (Wildman–Crippen MR) is 96.1 cm³/mol. The summed E-state index contributed by atoms with van der Waals surface area (Å²) in [6.45, 7) is 1.89. The quantitative estimate of drug-likeness (QED) is 0.458. The summed E-state index contributed by atoms with van der Waals surface area (Å²) >= 11 is 0. The summed E-state index contributed by atoms with van der Waals surface area (Å²) in [7, 11) is 0. The number of hydrogen-bond donors (Lipinski definition) is 3. The molecule has 0 saturated heterocycles. The first-order valence-electron chi connectivity index (χ1n) is 7.98. The van der Waals surface area contributed by atoms with Gasteiger partial charge in [-0.2, -0.15) is 5.11 Å². The van der Waals surface area contributed by atoms with Crippen molar-refractivity contribution in [3.05, 3.63) is 60.2 Å². The number of rotatable bonds is 5. The van der Waals surface area contributed by atoms with Gasteiger partial charge in [0.05, 0.1) is 18.0 Å². The molecule has 0 unspecified atom stereocenters. The van der Waals surface area contributed by atoms with E-state index in [0.717, 1.165) is 0 Å². The molecule has 0 saturated carbocycles. The minimum absolute atomic E-state index is 0.00428. The molecule has 132 valence electrons. The lowest BCUT2D eigenvalue weighted by molar-refractivity contribution is 0.0528. The second-order valence-corrected chi connectivity index (χ2v) is 5.38. The van der Waals surface area contributed by atoms with Crippen LogP contribution in [0.2, 0.25) is 0 Å². The Morgan fingerprint density at radius 2 is 1.73 bits per heavy atom. The Labute approximate surface area is 149 Å². The number of aromatic hydroxyl groups is 2. The van der Waals surface area contributed by atoms with Crippen molar-refractivity contribution in [2.75, 3.05) is 6.61 Å². The van der Waals surface area contributed by atoms with E-state index in [-0.39, 0.29) is 29.5 Å². The zero-order valence-corrected chi connectivity index (χ0v) is 14.0. The fraction of sp³-hybridized carbons (Fsp3) is 0.105. The molecule has 1 aromatic heterocycles. The Hall–Kier alpha value is -3.61. The molecule has 0 aliphatic carbocycles. The van der Waals surface area contributed by atoms with Crippen LogP contribution in [0.5, 0.6) is 11.6 Å². The molecule has 3 aromatic rings. The summed E-state index contributed by atoms with van der Waals surface area (Å²) in [5, 5.41) is 27.6. The first-order chi connectivity index (χ1) is 12.6. The van der Waals surface area contributed by atoms with Crippen LogP contribution in [0.4, 0.5) is 11.4 Å². The molecule has 0 atom stereocenters. The number of esters is 1. The number of phenolic OH excluding ortho intramolecular Hbond substituents is 1. The number of carbonyl (C=O) groups excluding carboxylic acids is 1. The number of phenols is 1. The highest BCUT2D eigenvalue weighted by atomic mass is 16.5. The summed E-state index contributed by atoms with van der Waals surface area (Å²) in [4.78, 5) is 15.2. The number of ether oxygens (including phenoxy) is 1. The van der Waals surface area contributed by atoms with Gasteiger partial charge in [0.2, 0.25) is 5.88 Å². The molecule has 7 nitrogen and oxygen atoms in total.